The summed E-state index contributed by atoms with van der Waals surface area (Å²) in [5.74, 6) is 0. The Morgan fingerprint density at radius 3 is 2.58 bits per heavy atom. The smallest absolute Gasteiger partial charge is 0.241 e. The van der Waals surface area contributed by atoms with E-state index in [4.69, 9.17) is 0 Å². The number of fused-ring (bicyclic) bond motifs is 3. The fourth-order valence-electron chi connectivity index (χ4n) is 4.23. The van der Waals surface area contributed by atoms with Crippen LogP contribution in [0.4, 0.5) is 0 Å². The zero-order valence-corrected chi connectivity index (χ0v) is 15.8. The normalized spacial score (nSPS) is 13.9. The van der Waals surface area contributed by atoms with Crippen molar-refractivity contribution in [2.75, 3.05) is 0 Å². The minimum absolute atomic E-state index is 0.331. The zero-order valence-electron chi connectivity index (χ0n) is 15.0. The van der Waals surface area contributed by atoms with Crippen molar-refractivity contribution in [2.45, 2.75) is 43.9 Å². The van der Waals surface area contributed by atoms with Crippen molar-refractivity contribution in [3.05, 3.63) is 77.5 Å². The van der Waals surface area contributed by atoms with Gasteiger partial charge < -0.3 is 0 Å². The molecule has 4 rings (SSSR count). The third-order valence-corrected chi connectivity index (χ3v) is 7.17. The van der Waals surface area contributed by atoms with Crippen molar-refractivity contribution in [2.24, 2.45) is 0 Å². The fourth-order valence-corrected chi connectivity index (χ4v) is 5.63. The van der Waals surface area contributed by atoms with Gasteiger partial charge in [0, 0.05) is 11.6 Å². The lowest BCUT2D eigenvalue weighted by molar-refractivity contribution is 0.589. The number of allylic oxidation sites excluding steroid dienone is 1. The van der Waals surface area contributed by atoms with Crippen molar-refractivity contribution in [3.63, 3.8) is 0 Å². The summed E-state index contributed by atoms with van der Waals surface area (Å²) in [5.41, 5.74) is 6.04. The second-order valence-corrected chi connectivity index (χ2v) is 8.75. The molecule has 3 aromatic rings. The number of hydrogen-bond donors (Lipinski definition) is 0. The lowest BCUT2D eigenvalue weighted by atomic mass is 9.92. The van der Waals surface area contributed by atoms with Crippen LogP contribution in [0.3, 0.4) is 0 Å². The van der Waals surface area contributed by atoms with Crippen LogP contribution in [0, 0.1) is 6.92 Å². The third-order valence-electron chi connectivity index (χ3n) is 5.48. The number of hydrogen-bond acceptors (Lipinski definition) is 2. The van der Waals surface area contributed by atoms with Crippen LogP contribution < -0.4 is 0 Å². The van der Waals surface area contributed by atoms with Gasteiger partial charge in [-0.3, -0.25) is 0 Å². The predicted molar refractivity (Wildman–Crippen MR) is 106 cm³/mol. The highest BCUT2D eigenvalue weighted by Crippen LogP contribution is 2.38. The van der Waals surface area contributed by atoms with Gasteiger partial charge in [0.15, 0.2) is 0 Å². The van der Waals surface area contributed by atoms with Crippen molar-refractivity contribution >= 4 is 20.9 Å². The van der Waals surface area contributed by atoms with Crippen molar-refractivity contribution in [1.29, 1.82) is 0 Å². The number of nitrogens with zero attached hydrogens (tertiary/aromatic N) is 1. The van der Waals surface area contributed by atoms with E-state index < -0.39 is 10.0 Å². The Morgan fingerprint density at radius 1 is 1.12 bits per heavy atom. The van der Waals surface area contributed by atoms with Crippen LogP contribution in [0.1, 0.15) is 35.1 Å². The first-order valence-electron chi connectivity index (χ1n) is 9.11. The fraction of sp³-hybridized carbons (Fsp3) is 0.273. The van der Waals surface area contributed by atoms with E-state index in [9.17, 15) is 8.42 Å². The van der Waals surface area contributed by atoms with Gasteiger partial charge in [-0.15, -0.1) is 6.58 Å². The minimum atomic E-state index is -3.60. The molecule has 0 N–H and O–H groups in total. The van der Waals surface area contributed by atoms with E-state index in [1.54, 1.807) is 30.5 Å². The van der Waals surface area contributed by atoms with E-state index in [0.717, 1.165) is 43.0 Å². The molecule has 0 saturated heterocycles. The molecular formula is C22H23NO2S. The molecule has 1 heterocycles. The van der Waals surface area contributed by atoms with Crippen LogP contribution in [0.15, 0.2) is 60.1 Å². The molecule has 0 unspecified atom stereocenters. The molecule has 4 heteroatoms. The molecule has 2 aromatic carbocycles. The topological polar surface area (TPSA) is 39.1 Å². The molecule has 0 fully saturated rings. The molecule has 0 aliphatic heterocycles. The summed E-state index contributed by atoms with van der Waals surface area (Å²) >= 11 is 0. The summed E-state index contributed by atoms with van der Waals surface area (Å²) in [5, 5.41) is 1.07. The lowest BCUT2D eigenvalue weighted by Crippen LogP contribution is -2.13. The van der Waals surface area contributed by atoms with Crippen LogP contribution in [-0.4, -0.2) is 12.4 Å². The van der Waals surface area contributed by atoms with E-state index in [2.05, 4.69) is 13.5 Å². The largest absolute Gasteiger partial charge is 0.268 e. The molecule has 0 amide bonds. The standard InChI is InChI=1S/C22H23NO2S/c1-3-4-11-18-16(2)19-12-8-13-20(19)22-21(18)14-15-23(22)26(24,25)17-9-6-5-7-10-17/h3,5-7,9-10,14-15H,1,4,8,11-13H2,2H3. The molecule has 0 saturated carbocycles. The van der Waals surface area contributed by atoms with E-state index >= 15 is 0 Å². The predicted octanol–water partition coefficient (Wildman–Crippen LogP) is 4.79. The molecular weight excluding hydrogens is 342 g/mol. The maximum atomic E-state index is 13.3. The molecule has 0 atom stereocenters. The summed E-state index contributed by atoms with van der Waals surface area (Å²) in [6, 6.07) is 10.7. The van der Waals surface area contributed by atoms with Gasteiger partial charge >= 0.3 is 0 Å². The van der Waals surface area contributed by atoms with Crippen LogP contribution in [-0.2, 0) is 29.3 Å². The average molecular weight is 365 g/mol. The number of aryl methyl sites for hydroxylation is 2. The summed E-state index contributed by atoms with van der Waals surface area (Å²) in [7, 11) is -3.60. The number of aromatic nitrogens is 1. The van der Waals surface area contributed by atoms with E-state index in [0.29, 0.717) is 4.90 Å². The van der Waals surface area contributed by atoms with Crippen LogP contribution in [0.5, 0.6) is 0 Å². The number of rotatable bonds is 5. The van der Waals surface area contributed by atoms with Crippen molar-refractivity contribution < 1.29 is 8.42 Å². The monoisotopic (exact) mass is 365 g/mol. The van der Waals surface area contributed by atoms with Gasteiger partial charge in [-0.25, -0.2) is 12.4 Å². The first-order chi connectivity index (χ1) is 12.6. The van der Waals surface area contributed by atoms with Gasteiger partial charge in [0.05, 0.1) is 10.4 Å². The molecule has 0 radical (unpaired) electrons. The second kappa shape index (κ2) is 6.44. The molecule has 26 heavy (non-hydrogen) atoms. The van der Waals surface area contributed by atoms with E-state index in [1.807, 2.05) is 18.2 Å². The number of benzene rings is 2. The van der Waals surface area contributed by atoms with Gasteiger partial charge in [0.2, 0.25) is 0 Å². The zero-order chi connectivity index (χ0) is 18.3. The Kier molecular flexibility index (Phi) is 4.23. The van der Waals surface area contributed by atoms with E-state index in [-0.39, 0.29) is 0 Å². The first kappa shape index (κ1) is 17.1. The third kappa shape index (κ3) is 2.52. The van der Waals surface area contributed by atoms with Gasteiger partial charge in [0.25, 0.3) is 10.0 Å². The molecule has 3 nitrogen and oxygen atoms in total. The average Bonchev–Trinajstić information content (AvgIpc) is 3.29. The van der Waals surface area contributed by atoms with Crippen molar-refractivity contribution in [3.8, 4) is 0 Å². The van der Waals surface area contributed by atoms with E-state index in [1.165, 1.54) is 26.2 Å². The van der Waals surface area contributed by atoms with Crippen molar-refractivity contribution in [1.82, 2.24) is 3.97 Å². The maximum Gasteiger partial charge on any atom is 0.268 e. The molecule has 0 spiro atoms. The highest BCUT2D eigenvalue weighted by atomic mass is 32.2. The summed E-state index contributed by atoms with van der Waals surface area (Å²) in [4.78, 5) is 0.331. The first-order valence-corrected chi connectivity index (χ1v) is 10.6. The van der Waals surface area contributed by atoms with Crippen LogP contribution >= 0.6 is 0 Å². The second-order valence-electron chi connectivity index (χ2n) is 6.93. The Balaban J connectivity index is 2.02. The molecule has 1 aliphatic carbocycles. The highest BCUT2D eigenvalue weighted by molar-refractivity contribution is 7.90. The van der Waals surface area contributed by atoms with Gasteiger partial charge in [0.1, 0.15) is 0 Å². The Hall–Kier alpha value is -2.33. The highest BCUT2D eigenvalue weighted by Gasteiger charge is 2.26. The maximum absolute atomic E-state index is 13.3. The quantitative estimate of drug-likeness (QED) is 0.610. The van der Waals surface area contributed by atoms with Gasteiger partial charge in [-0.1, -0.05) is 24.3 Å². The summed E-state index contributed by atoms with van der Waals surface area (Å²) in [6.45, 7) is 6.03. The van der Waals surface area contributed by atoms with Gasteiger partial charge in [-0.2, -0.15) is 0 Å². The van der Waals surface area contributed by atoms with Gasteiger partial charge in [-0.05, 0) is 79.5 Å². The molecule has 1 aliphatic rings. The molecule has 0 bridgehead atoms. The SMILES string of the molecule is C=CCCc1c(C)c2c(c3c1ccn3S(=O)(=O)c1ccccc1)CCC2. The molecule has 134 valence electrons. The Morgan fingerprint density at radius 2 is 1.85 bits per heavy atom. The van der Waals surface area contributed by atoms with Crippen LogP contribution in [0.25, 0.3) is 10.9 Å². The van der Waals surface area contributed by atoms with Crippen LogP contribution in [0.2, 0.25) is 0 Å². The summed E-state index contributed by atoms with van der Waals surface area (Å²) < 4.78 is 28.0. The Bertz CT molecular complexity index is 1090. The molecule has 1 aromatic heterocycles. The Labute approximate surface area is 155 Å². The lowest BCUT2D eigenvalue weighted by Gasteiger charge is -2.16. The summed E-state index contributed by atoms with van der Waals surface area (Å²) in [6.07, 6.45) is 8.52. The minimum Gasteiger partial charge on any atom is -0.241 e.